The van der Waals surface area contributed by atoms with Crippen LogP contribution in [0, 0.1) is 0 Å². The number of esters is 1. The van der Waals surface area contributed by atoms with E-state index in [0.717, 1.165) is 29.8 Å². The van der Waals surface area contributed by atoms with Gasteiger partial charge in [-0.05, 0) is 43.5 Å². The van der Waals surface area contributed by atoms with Gasteiger partial charge in [-0.2, -0.15) is 0 Å². The third kappa shape index (κ3) is 3.29. The summed E-state index contributed by atoms with van der Waals surface area (Å²) in [4.78, 5) is 16.3. The van der Waals surface area contributed by atoms with Gasteiger partial charge in [0.1, 0.15) is 6.54 Å². The lowest BCUT2D eigenvalue weighted by Crippen LogP contribution is -2.29. The number of halogens is 1. The standard InChI is InChI=1S/C17H21BrN2O2/c1-2-22-17(21)12-20-11-13(10-19-7-3-4-8-19)15-9-14(18)5-6-16(15)20/h5-6,9-10H,2-4,7-8,11-12H2,1H3. The summed E-state index contributed by atoms with van der Waals surface area (Å²) in [5.74, 6) is -0.168. The molecule has 4 nitrogen and oxygen atoms in total. The van der Waals surface area contributed by atoms with E-state index in [1.165, 1.54) is 24.0 Å². The molecule has 0 unspecified atom stereocenters. The van der Waals surface area contributed by atoms with Crippen LogP contribution in [0.5, 0.6) is 0 Å². The highest BCUT2D eigenvalue weighted by molar-refractivity contribution is 9.10. The number of nitrogens with zero attached hydrogens (tertiary/aromatic N) is 2. The number of benzene rings is 1. The minimum Gasteiger partial charge on any atom is -0.465 e. The maximum atomic E-state index is 11.8. The van der Waals surface area contributed by atoms with E-state index >= 15 is 0 Å². The Labute approximate surface area is 139 Å². The van der Waals surface area contributed by atoms with E-state index in [-0.39, 0.29) is 5.97 Å². The lowest BCUT2D eigenvalue weighted by atomic mass is 10.1. The van der Waals surface area contributed by atoms with Crippen molar-refractivity contribution >= 4 is 33.2 Å². The topological polar surface area (TPSA) is 32.8 Å². The van der Waals surface area contributed by atoms with Gasteiger partial charge in [0, 0.05) is 41.6 Å². The summed E-state index contributed by atoms with van der Waals surface area (Å²) < 4.78 is 6.16. The number of ether oxygens (including phenoxy) is 1. The molecule has 3 rings (SSSR count). The van der Waals surface area contributed by atoms with Crippen molar-refractivity contribution in [1.29, 1.82) is 0 Å². The average molecular weight is 365 g/mol. The fraction of sp³-hybridized carbons (Fsp3) is 0.471. The van der Waals surface area contributed by atoms with E-state index in [2.05, 4.69) is 44.1 Å². The van der Waals surface area contributed by atoms with Crippen molar-refractivity contribution in [2.75, 3.05) is 37.7 Å². The van der Waals surface area contributed by atoms with Crippen LogP contribution in [0.25, 0.3) is 5.57 Å². The van der Waals surface area contributed by atoms with E-state index in [1.807, 2.05) is 13.0 Å². The molecule has 1 fully saturated rings. The molecule has 0 spiro atoms. The summed E-state index contributed by atoms with van der Waals surface area (Å²) in [7, 11) is 0. The van der Waals surface area contributed by atoms with Crippen molar-refractivity contribution in [3.63, 3.8) is 0 Å². The Kier molecular flexibility index (Phi) is 4.71. The molecule has 0 aliphatic carbocycles. The van der Waals surface area contributed by atoms with Crippen molar-refractivity contribution in [1.82, 2.24) is 4.90 Å². The zero-order chi connectivity index (χ0) is 15.5. The first-order valence-electron chi connectivity index (χ1n) is 7.82. The molecule has 0 N–H and O–H groups in total. The largest absolute Gasteiger partial charge is 0.465 e. The maximum absolute atomic E-state index is 11.8. The van der Waals surface area contributed by atoms with Gasteiger partial charge >= 0.3 is 5.97 Å². The highest BCUT2D eigenvalue weighted by Crippen LogP contribution is 2.37. The molecule has 2 heterocycles. The van der Waals surface area contributed by atoms with Crippen molar-refractivity contribution in [2.24, 2.45) is 0 Å². The van der Waals surface area contributed by atoms with Crippen molar-refractivity contribution < 1.29 is 9.53 Å². The van der Waals surface area contributed by atoms with Gasteiger partial charge in [0.2, 0.25) is 0 Å². The number of carbonyl (C=O) groups is 1. The quantitative estimate of drug-likeness (QED) is 0.767. The van der Waals surface area contributed by atoms with Gasteiger partial charge in [-0.3, -0.25) is 4.79 Å². The van der Waals surface area contributed by atoms with Crippen LogP contribution in [0.15, 0.2) is 28.9 Å². The second kappa shape index (κ2) is 6.73. The lowest BCUT2D eigenvalue weighted by Gasteiger charge is -2.18. The van der Waals surface area contributed by atoms with E-state index in [0.29, 0.717) is 13.2 Å². The van der Waals surface area contributed by atoms with Crippen LogP contribution in [0.2, 0.25) is 0 Å². The lowest BCUT2D eigenvalue weighted by molar-refractivity contribution is -0.141. The summed E-state index contributed by atoms with van der Waals surface area (Å²) >= 11 is 3.55. The predicted molar refractivity (Wildman–Crippen MR) is 91.8 cm³/mol. The molecule has 0 saturated carbocycles. The highest BCUT2D eigenvalue weighted by Gasteiger charge is 2.26. The van der Waals surface area contributed by atoms with E-state index < -0.39 is 0 Å². The van der Waals surface area contributed by atoms with Gasteiger partial charge in [-0.25, -0.2) is 0 Å². The first kappa shape index (κ1) is 15.4. The van der Waals surface area contributed by atoms with Crippen LogP contribution in [0.4, 0.5) is 5.69 Å². The molecule has 1 aromatic rings. The Hall–Kier alpha value is -1.49. The minimum atomic E-state index is -0.168. The molecule has 1 saturated heterocycles. The molecule has 0 amide bonds. The fourth-order valence-corrected chi connectivity index (χ4v) is 3.48. The predicted octanol–water partition coefficient (Wildman–Crippen LogP) is 3.27. The van der Waals surface area contributed by atoms with E-state index in [9.17, 15) is 4.79 Å². The molecule has 0 atom stereocenters. The molecule has 22 heavy (non-hydrogen) atoms. The first-order valence-corrected chi connectivity index (χ1v) is 8.62. The smallest absolute Gasteiger partial charge is 0.325 e. The van der Waals surface area contributed by atoms with Gasteiger partial charge in [0.05, 0.1) is 6.61 Å². The molecule has 0 aromatic heterocycles. The number of rotatable bonds is 4. The zero-order valence-corrected chi connectivity index (χ0v) is 14.4. The van der Waals surface area contributed by atoms with Crippen LogP contribution in [0.1, 0.15) is 25.3 Å². The van der Waals surface area contributed by atoms with Gasteiger partial charge in [-0.15, -0.1) is 0 Å². The highest BCUT2D eigenvalue weighted by atomic mass is 79.9. The monoisotopic (exact) mass is 364 g/mol. The molecule has 2 aliphatic rings. The third-order valence-corrected chi connectivity index (χ3v) is 4.60. The fourth-order valence-electron chi connectivity index (χ4n) is 3.12. The second-order valence-corrected chi connectivity index (χ2v) is 6.64. The molecular formula is C17H21BrN2O2. The summed E-state index contributed by atoms with van der Waals surface area (Å²) in [6, 6.07) is 6.24. The Morgan fingerprint density at radius 3 is 2.86 bits per heavy atom. The van der Waals surface area contributed by atoms with Crippen LogP contribution >= 0.6 is 15.9 Å². The van der Waals surface area contributed by atoms with Crippen molar-refractivity contribution in [3.05, 3.63) is 34.4 Å². The molecule has 5 heteroatoms. The van der Waals surface area contributed by atoms with Crippen molar-refractivity contribution in [2.45, 2.75) is 19.8 Å². The minimum absolute atomic E-state index is 0.168. The van der Waals surface area contributed by atoms with Crippen LogP contribution in [-0.4, -0.2) is 43.7 Å². The Morgan fingerprint density at radius 2 is 2.14 bits per heavy atom. The molecular weight excluding hydrogens is 344 g/mol. The Balaban J connectivity index is 1.85. The van der Waals surface area contributed by atoms with Crippen LogP contribution in [-0.2, 0) is 9.53 Å². The number of hydrogen-bond donors (Lipinski definition) is 0. The molecule has 118 valence electrons. The van der Waals surface area contributed by atoms with Crippen LogP contribution in [0.3, 0.4) is 0 Å². The summed E-state index contributed by atoms with van der Waals surface area (Å²) in [6.07, 6.45) is 4.80. The Bertz CT molecular complexity index is 594. The summed E-state index contributed by atoms with van der Waals surface area (Å²) in [5, 5.41) is 0. The molecule has 0 radical (unpaired) electrons. The molecule has 1 aromatic carbocycles. The van der Waals surface area contributed by atoms with E-state index in [1.54, 1.807) is 0 Å². The summed E-state index contributed by atoms with van der Waals surface area (Å²) in [6.45, 7) is 5.60. The third-order valence-electron chi connectivity index (χ3n) is 4.11. The summed E-state index contributed by atoms with van der Waals surface area (Å²) in [5.41, 5.74) is 3.61. The molecule has 2 aliphatic heterocycles. The normalized spacial score (nSPS) is 18.9. The van der Waals surface area contributed by atoms with Crippen LogP contribution < -0.4 is 4.90 Å². The number of carbonyl (C=O) groups excluding carboxylic acids is 1. The van der Waals surface area contributed by atoms with E-state index in [4.69, 9.17) is 4.74 Å². The maximum Gasteiger partial charge on any atom is 0.325 e. The molecule has 0 bridgehead atoms. The average Bonchev–Trinajstić information content (AvgIpc) is 3.09. The van der Waals surface area contributed by atoms with Gasteiger partial charge in [-0.1, -0.05) is 15.9 Å². The van der Waals surface area contributed by atoms with Gasteiger partial charge in [0.15, 0.2) is 0 Å². The number of likely N-dealkylation sites (tertiary alicyclic amines) is 1. The second-order valence-electron chi connectivity index (χ2n) is 5.72. The number of anilines is 1. The number of fused-ring (bicyclic) bond motifs is 1. The Morgan fingerprint density at radius 1 is 1.36 bits per heavy atom. The number of hydrogen-bond acceptors (Lipinski definition) is 4. The van der Waals surface area contributed by atoms with Gasteiger partial charge < -0.3 is 14.5 Å². The van der Waals surface area contributed by atoms with Gasteiger partial charge in [0.25, 0.3) is 0 Å². The zero-order valence-electron chi connectivity index (χ0n) is 12.8. The first-order chi connectivity index (χ1) is 10.7. The van der Waals surface area contributed by atoms with Crippen molar-refractivity contribution in [3.8, 4) is 0 Å². The SMILES string of the molecule is CCOC(=O)CN1CC(=CN2CCCC2)c2cc(Br)ccc21.